The minimum atomic E-state index is -0.708. The van der Waals surface area contributed by atoms with Gasteiger partial charge in [-0.15, -0.1) is 0 Å². The fraction of sp³-hybridized carbons (Fsp3) is 0.812. The SMILES string of the molecule is CN(C)CCCNC(=O)CN1C(=O)N(C)C2(CCCCC2)C1=O. The van der Waals surface area contributed by atoms with Crippen molar-refractivity contribution in [1.29, 1.82) is 0 Å². The highest BCUT2D eigenvalue weighted by atomic mass is 16.2. The summed E-state index contributed by atoms with van der Waals surface area (Å²) in [6, 6.07) is -0.347. The van der Waals surface area contributed by atoms with E-state index in [1.165, 1.54) is 0 Å². The monoisotopic (exact) mass is 324 g/mol. The van der Waals surface area contributed by atoms with Crippen molar-refractivity contribution in [3.63, 3.8) is 0 Å². The number of likely N-dealkylation sites (N-methyl/N-ethyl adjacent to an activating group) is 1. The molecular weight excluding hydrogens is 296 g/mol. The van der Waals surface area contributed by atoms with Gasteiger partial charge in [0.1, 0.15) is 12.1 Å². The standard InChI is InChI=1S/C16H28N4O3/c1-18(2)11-7-10-17-13(21)12-20-14(22)16(19(3)15(20)23)8-5-4-6-9-16/h4-12H2,1-3H3,(H,17,21). The molecule has 130 valence electrons. The Labute approximate surface area is 138 Å². The molecule has 4 amide bonds. The highest BCUT2D eigenvalue weighted by Crippen LogP contribution is 2.39. The third kappa shape index (κ3) is 3.65. The highest BCUT2D eigenvalue weighted by Gasteiger charge is 2.55. The van der Waals surface area contributed by atoms with Crippen molar-refractivity contribution in [2.24, 2.45) is 0 Å². The molecule has 1 aliphatic heterocycles. The Morgan fingerprint density at radius 1 is 1.22 bits per heavy atom. The van der Waals surface area contributed by atoms with E-state index in [1.54, 1.807) is 11.9 Å². The number of nitrogens with zero attached hydrogens (tertiary/aromatic N) is 3. The second kappa shape index (κ2) is 7.29. The van der Waals surface area contributed by atoms with E-state index < -0.39 is 5.54 Å². The van der Waals surface area contributed by atoms with Crippen molar-refractivity contribution in [1.82, 2.24) is 20.0 Å². The first-order valence-corrected chi connectivity index (χ1v) is 8.40. The molecule has 0 aromatic carbocycles. The fourth-order valence-electron chi connectivity index (χ4n) is 3.49. The van der Waals surface area contributed by atoms with Crippen LogP contribution in [-0.2, 0) is 9.59 Å². The number of hydrogen-bond acceptors (Lipinski definition) is 4. The summed E-state index contributed by atoms with van der Waals surface area (Å²) in [5.74, 6) is -0.472. The zero-order valence-electron chi connectivity index (χ0n) is 14.4. The summed E-state index contributed by atoms with van der Waals surface area (Å²) >= 11 is 0. The summed E-state index contributed by atoms with van der Waals surface area (Å²) in [4.78, 5) is 41.9. The maximum atomic E-state index is 12.7. The molecule has 0 aromatic rings. The average Bonchev–Trinajstić information content (AvgIpc) is 2.69. The van der Waals surface area contributed by atoms with E-state index in [-0.39, 0.29) is 24.4 Å². The van der Waals surface area contributed by atoms with Crippen LogP contribution in [0.5, 0.6) is 0 Å². The molecule has 0 unspecified atom stereocenters. The van der Waals surface area contributed by atoms with E-state index in [0.29, 0.717) is 19.4 Å². The molecule has 7 nitrogen and oxygen atoms in total. The van der Waals surface area contributed by atoms with E-state index in [4.69, 9.17) is 0 Å². The molecular formula is C16H28N4O3. The van der Waals surface area contributed by atoms with Gasteiger partial charge in [-0.3, -0.25) is 14.5 Å². The van der Waals surface area contributed by atoms with Crippen molar-refractivity contribution in [3.05, 3.63) is 0 Å². The van der Waals surface area contributed by atoms with E-state index in [0.717, 1.165) is 37.1 Å². The third-order valence-corrected chi connectivity index (χ3v) is 4.89. The largest absolute Gasteiger partial charge is 0.354 e. The van der Waals surface area contributed by atoms with E-state index in [9.17, 15) is 14.4 Å². The van der Waals surface area contributed by atoms with Crippen LogP contribution in [0.2, 0.25) is 0 Å². The predicted octanol–water partition coefficient (Wildman–Crippen LogP) is 0.651. The van der Waals surface area contributed by atoms with Gasteiger partial charge in [0.15, 0.2) is 0 Å². The fourth-order valence-corrected chi connectivity index (χ4v) is 3.49. The first kappa shape index (κ1) is 17.7. The van der Waals surface area contributed by atoms with Crippen LogP contribution >= 0.6 is 0 Å². The van der Waals surface area contributed by atoms with Crippen molar-refractivity contribution < 1.29 is 14.4 Å². The van der Waals surface area contributed by atoms with Crippen LogP contribution in [0, 0.1) is 0 Å². The minimum Gasteiger partial charge on any atom is -0.354 e. The maximum absolute atomic E-state index is 12.7. The van der Waals surface area contributed by atoms with Crippen LogP contribution in [0.1, 0.15) is 38.5 Å². The Morgan fingerprint density at radius 2 is 1.87 bits per heavy atom. The quantitative estimate of drug-likeness (QED) is 0.575. The first-order chi connectivity index (χ1) is 10.9. The second-order valence-electron chi connectivity index (χ2n) is 6.83. The Kier molecular flexibility index (Phi) is 5.62. The molecule has 0 atom stereocenters. The van der Waals surface area contributed by atoms with Gasteiger partial charge >= 0.3 is 6.03 Å². The van der Waals surface area contributed by atoms with Crippen LogP contribution in [0.3, 0.4) is 0 Å². The van der Waals surface area contributed by atoms with Crippen molar-refractivity contribution in [2.75, 3.05) is 40.8 Å². The van der Waals surface area contributed by atoms with Gasteiger partial charge < -0.3 is 15.1 Å². The Balaban J connectivity index is 1.91. The molecule has 0 radical (unpaired) electrons. The summed E-state index contributed by atoms with van der Waals surface area (Å²) in [5.41, 5.74) is -0.708. The van der Waals surface area contributed by atoms with Crippen LogP contribution < -0.4 is 5.32 Å². The summed E-state index contributed by atoms with van der Waals surface area (Å²) < 4.78 is 0. The van der Waals surface area contributed by atoms with Gasteiger partial charge in [-0.2, -0.15) is 0 Å². The molecule has 1 aliphatic carbocycles. The maximum Gasteiger partial charge on any atom is 0.327 e. The Morgan fingerprint density at radius 3 is 2.48 bits per heavy atom. The number of imide groups is 1. The first-order valence-electron chi connectivity index (χ1n) is 8.40. The smallest absolute Gasteiger partial charge is 0.327 e. The zero-order valence-corrected chi connectivity index (χ0v) is 14.4. The predicted molar refractivity (Wildman–Crippen MR) is 86.9 cm³/mol. The summed E-state index contributed by atoms with van der Waals surface area (Å²) in [6.07, 6.45) is 5.25. The molecule has 1 heterocycles. The second-order valence-corrected chi connectivity index (χ2v) is 6.83. The van der Waals surface area contributed by atoms with Crippen LogP contribution in [0.15, 0.2) is 0 Å². The van der Waals surface area contributed by atoms with E-state index in [1.807, 2.05) is 19.0 Å². The van der Waals surface area contributed by atoms with E-state index in [2.05, 4.69) is 5.32 Å². The molecule has 0 bridgehead atoms. The van der Waals surface area contributed by atoms with Gasteiger partial charge in [0.2, 0.25) is 5.91 Å². The molecule has 1 spiro atoms. The van der Waals surface area contributed by atoms with Gasteiger partial charge in [0, 0.05) is 13.6 Å². The van der Waals surface area contributed by atoms with Crippen LogP contribution in [0.4, 0.5) is 4.79 Å². The molecule has 1 saturated heterocycles. The number of nitrogens with one attached hydrogen (secondary N) is 1. The van der Waals surface area contributed by atoms with Crippen molar-refractivity contribution >= 4 is 17.8 Å². The van der Waals surface area contributed by atoms with Gasteiger partial charge in [-0.25, -0.2) is 4.79 Å². The molecule has 2 fully saturated rings. The zero-order chi connectivity index (χ0) is 17.0. The molecule has 7 heteroatoms. The molecule has 2 rings (SSSR count). The van der Waals surface area contributed by atoms with Crippen LogP contribution in [-0.4, -0.2) is 78.9 Å². The number of carbonyl (C=O) groups excluding carboxylic acids is 3. The number of hydrogen-bond donors (Lipinski definition) is 1. The van der Waals surface area contributed by atoms with Gasteiger partial charge in [0.25, 0.3) is 5.91 Å². The number of carbonyl (C=O) groups is 3. The lowest BCUT2D eigenvalue weighted by Crippen LogP contribution is -2.49. The average molecular weight is 324 g/mol. The number of rotatable bonds is 6. The third-order valence-electron chi connectivity index (χ3n) is 4.89. The number of urea groups is 1. The van der Waals surface area contributed by atoms with Gasteiger partial charge in [-0.05, 0) is 39.9 Å². The van der Waals surface area contributed by atoms with Crippen molar-refractivity contribution in [2.45, 2.75) is 44.1 Å². The lowest BCUT2D eigenvalue weighted by atomic mass is 9.81. The van der Waals surface area contributed by atoms with Gasteiger partial charge in [0.05, 0.1) is 0 Å². The lowest BCUT2D eigenvalue weighted by Gasteiger charge is -2.35. The van der Waals surface area contributed by atoms with Gasteiger partial charge in [-0.1, -0.05) is 19.3 Å². The highest BCUT2D eigenvalue weighted by molar-refractivity contribution is 6.08. The molecule has 1 N–H and O–H groups in total. The minimum absolute atomic E-state index is 0.175. The normalized spacial score (nSPS) is 20.7. The summed E-state index contributed by atoms with van der Waals surface area (Å²) in [7, 11) is 5.63. The topological polar surface area (TPSA) is 73.0 Å². The Bertz CT molecular complexity index is 472. The van der Waals surface area contributed by atoms with Crippen LogP contribution in [0.25, 0.3) is 0 Å². The Hall–Kier alpha value is -1.63. The lowest BCUT2D eigenvalue weighted by molar-refractivity contribution is -0.137. The molecule has 23 heavy (non-hydrogen) atoms. The van der Waals surface area contributed by atoms with E-state index >= 15 is 0 Å². The molecule has 2 aliphatic rings. The van der Waals surface area contributed by atoms with Crippen molar-refractivity contribution in [3.8, 4) is 0 Å². The summed E-state index contributed by atoms with van der Waals surface area (Å²) in [6.45, 7) is 1.26. The molecule has 1 saturated carbocycles. The molecule has 0 aromatic heterocycles. The number of amides is 4. The summed E-state index contributed by atoms with van der Waals surface area (Å²) in [5, 5.41) is 2.78.